The van der Waals surface area contributed by atoms with Gasteiger partial charge in [0.15, 0.2) is 0 Å². The molecule has 0 fully saturated rings. The molecule has 4 heteroatoms. The van der Waals surface area contributed by atoms with E-state index in [1.807, 2.05) is 24.3 Å². The zero-order chi connectivity index (χ0) is 13.7. The van der Waals surface area contributed by atoms with Crippen LogP contribution in [0.1, 0.15) is 5.56 Å². The smallest absolute Gasteiger partial charge is 0.212 e. The maximum Gasteiger partial charge on any atom is 0.212 e. The summed E-state index contributed by atoms with van der Waals surface area (Å²) in [6.45, 7) is 0. The Morgan fingerprint density at radius 1 is 0.895 bits per heavy atom. The van der Waals surface area contributed by atoms with Crippen LogP contribution < -0.4 is 9.47 Å². The van der Waals surface area contributed by atoms with Crippen molar-refractivity contribution in [3.05, 3.63) is 54.1 Å². The van der Waals surface area contributed by atoms with Gasteiger partial charge in [0.25, 0.3) is 0 Å². The third-order valence-electron chi connectivity index (χ3n) is 2.60. The number of hydrogen-bond acceptors (Lipinski definition) is 4. The summed E-state index contributed by atoms with van der Waals surface area (Å²) in [5.74, 6) is 2.28. The Bertz CT molecular complexity index is 564. The highest BCUT2D eigenvalue weighted by molar-refractivity contribution is 5.91. The van der Waals surface area contributed by atoms with Crippen molar-refractivity contribution in [1.82, 2.24) is 0 Å². The monoisotopic (exact) mass is 257 g/mol. The Hall–Kier alpha value is -2.49. The van der Waals surface area contributed by atoms with E-state index in [0.717, 1.165) is 5.75 Å². The van der Waals surface area contributed by atoms with Crippen LogP contribution >= 0.6 is 0 Å². The molecule has 0 heterocycles. The second-order valence-corrected chi connectivity index (χ2v) is 3.84. The number of nitrogens with one attached hydrogen (secondary N) is 1. The zero-order valence-electron chi connectivity index (χ0n) is 10.8. The molecule has 0 unspecified atom stereocenters. The van der Waals surface area contributed by atoms with Crippen LogP contribution in [0.5, 0.6) is 17.2 Å². The van der Waals surface area contributed by atoms with Crippen LogP contribution in [0.3, 0.4) is 0 Å². The molecule has 2 aromatic rings. The van der Waals surface area contributed by atoms with E-state index in [0.29, 0.717) is 17.1 Å². The summed E-state index contributed by atoms with van der Waals surface area (Å²) < 4.78 is 15.7. The molecule has 0 radical (unpaired) electrons. The van der Waals surface area contributed by atoms with E-state index in [1.54, 1.807) is 31.4 Å². The largest absolute Gasteiger partial charge is 0.497 e. The molecule has 0 bridgehead atoms. The third-order valence-corrected chi connectivity index (χ3v) is 2.60. The highest BCUT2D eigenvalue weighted by atomic mass is 16.5. The van der Waals surface area contributed by atoms with Gasteiger partial charge >= 0.3 is 0 Å². The number of benzene rings is 2. The van der Waals surface area contributed by atoms with Crippen LogP contribution in [0.25, 0.3) is 0 Å². The van der Waals surface area contributed by atoms with Crippen LogP contribution in [0.2, 0.25) is 0 Å². The molecule has 1 N–H and O–H groups in total. The molecule has 0 saturated heterocycles. The van der Waals surface area contributed by atoms with Gasteiger partial charge in [-0.15, -0.1) is 0 Å². The van der Waals surface area contributed by atoms with Crippen LogP contribution in [0, 0.1) is 5.41 Å². The first kappa shape index (κ1) is 13.0. The van der Waals surface area contributed by atoms with Gasteiger partial charge in [-0.1, -0.05) is 6.07 Å². The Morgan fingerprint density at radius 2 is 1.58 bits per heavy atom. The minimum absolute atomic E-state index is 0.132. The molecule has 2 rings (SSSR count). The van der Waals surface area contributed by atoms with Gasteiger partial charge in [0.1, 0.15) is 17.2 Å². The normalized spacial score (nSPS) is 9.79. The lowest BCUT2D eigenvalue weighted by Crippen LogP contribution is -2.00. The van der Waals surface area contributed by atoms with Crippen molar-refractivity contribution in [2.24, 2.45) is 0 Å². The Balaban J connectivity index is 2.12. The number of hydrogen-bond donors (Lipinski definition) is 1. The fraction of sp³-hybridized carbons (Fsp3) is 0.133. The maximum atomic E-state index is 7.54. The van der Waals surface area contributed by atoms with E-state index in [1.165, 1.54) is 7.11 Å². The lowest BCUT2D eigenvalue weighted by molar-refractivity contribution is 0.401. The van der Waals surface area contributed by atoms with Gasteiger partial charge in [-0.2, -0.15) is 0 Å². The first-order valence-electron chi connectivity index (χ1n) is 5.78. The molecule has 0 amide bonds. The van der Waals surface area contributed by atoms with E-state index in [-0.39, 0.29) is 5.90 Å². The SMILES string of the molecule is COC(=N)c1ccc(Oc2cccc(OC)c2)cc1. The summed E-state index contributed by atoms with van der Waals surface area (Å²) >= 11 is 0. The van der Waals surface area contributed by atoms with Crippen LogP contribution in [-0.2, 0) is 4.74 Å². The highest BCUT2D eigenvalue weighted by Gasteiger charge is 2.02. The van der Waals surface area contributed by atoms with Crippen LogP contribution in [-0.4, -0.2) is 20.1 Å². The minimum atomic E-state index is 0.132. The minimum Gasteiger partial charge on any atom is -0.497 e. The first-order valence-corrected chi connectivity index (χ1v) is 5.78. The predicted molar refractivity (Wildman–Crippen MR) is 73.3 cm³/mol. The fourth-order valence-corrected chi connectivity index (χ4v) is 1.59. The predicted octanol–water partition coefficient (Wildman–Crippen LogP) is 3.46. The Morgan fingerprint density at radius 3 is 2.21 bits per heavy atom. The van der Waals surface area contributed by atoms with Gasteiger partial charge in [0, 0.05) is 11.6 Å². The molecule has 98 valence electrons. The van der Waals surface area contributed by atoms with E-state index in [2.05, 4.69) is 0 Å². The molecular formula is C15H15NO3. The van der Waals surface area contributed by atoms with E-state index in [4.69, 9.17) is 19.6 Å². The maximum absolute atomic E-state index is 7.54. The van der Waals surface area contributed by atoms with Gasteiger partial charge in [-0.05, 0) is 36.4 Å². The first-order chi connectivity index (χ1) is 9.22. The van der Waals surface area contributed by atoms with Crippen molar-refractivity contribution in [3.63, 3.8) is 0 Å². The third kappa shape index (κ3) is 3.25. The van der Waals surface area contributed by atoms with Gasteiger partial charge in [0.05, 0.1) is 14.2 Å². The second kappa shape index (κ2) is 5.91. The molecule has 0 atom stereocenters. The van der Waals surface area contributed by atoms with E-state index >= 15 is 0 Å². The molecule has 0 aliphatic rings. The van der Waals surface area contributed by atoms with E-state index in [9.17, 15) is 0 Å². The Labute approximate surface area is 112 Å². The molecule has 4 nitrogen and oxygen atoms in total. The molecule has 0 aliphatic carbocycles. The van der Waals surface area contributed by atoms with Crippen molar-refractivity contribution >= 4 is 5.90 Å². The zero-order valence-corrected chi connectivity index (χ0v) is 10.8. The highest BCUT2D eigenvalue weighted by Crippen LogP contribution is 2.25. The molecule has 2 aromatic carbocycles. The van der Waals surface area contributed by atoms with Gasteiger partial charge in [0.2, 0.25) is 5.90 Å². The quantitative estimate of drug-likeness (QED) is 0.674. The summed E-state index contributed by atoms with van der Waals surface area (Å²) in [4.78, 5) is 0. The summed E-state index contributed by atoms with van der Waals surface area (Å²) in [6, 6.07) is 14.5. The molecule has 19 heavy (non-hydrogen) atoms. The van der Waals surface area contributed by atoms with Crippen LogP contribution in [0.4, 0.5) is 0 Å². The number of methoxy groups -OCH3 is 2. The summed E-state index contributed by atoms with van der Waals surface area (Å²) in [6.07, 6.45) is 0. The summed E-state index contributed by atoms with van der Waals surface area (Å²) in [5, 5.41) is 7.54. The van der Waals surface area contributed by atoms with Crippen molar-refractivity contribution < 1.29 is 14.2 Å². The van der Waals surface area contributed by atoms with Crippen LogP contribution in [0.15, 0.2) is 48.5 Å². The summed E-state index contributed by atoms with van der Waals surface area (Å²) in [7, 11) is 3.09. The second-order valence-electron chi connectivity index (χ2n) is 3.84. The molecule has 0 spiro atoms. The lowest BCUT2D eigenvalue weighted by atomic mass is 10.2. The fourth-order valence-electron chi connectivity index (χ4n) is 1.59. The van der Waals surface area contributed by atoms with Gasteiger partial charge < -0.3 is 14.2 Å². The van der Waals surface area contributed by atoms with Crippen molar-refractivity contribution in [1.29, 1.82) is 5.41 Å². The van der Waals surface area contributed by atoms with Crippen molar-refractivity contribution in [2.45, 2.75) is 0 Å². The topological polar surface area (TPSA) is 51.5 Å². The summed E-state index contributed by atoms with van der Waals surface area (Å²) in [5.41, 5.74) is 0.709. The van der Waals surface area contributed by atoms with Crippen molar-refractivity contribution in [3.8, 4) is 17.2 Å². The Kier molecular flexibility index (Phi) is 4.03. The lowest BCUT2D eigenvalue weighted by Gasteiger charge is -2.08. The number of rotatable bonds is 4. The molecule has 0 aromatic heterocycles. The van der Waals surface area contributed by atoms with Gasteiger partial charge in [-0.3, -0.25) is 5.41 Å². The van der Waals surface area contributed by atoms with Gasteiger partial charge in [-0.25, -0.2) is 0 Å². The molecule has 0 aliphatic heterocycles. The average molecular weight is 257 g/mol. The standard InChI is InChI=1S/C15H15NO3/c1-17-13-4-3-5-14(10-13)19-12-8-6-11(7-9-12)15(16)18-2/h3-10,16H,1-2H3. The molecule has 0 saturated carbocycles. The number of ether oxygens (including phenoxy) is 3. The van der Waals surface area contributed by atoms with E-state index < -0.39 is 0 Å². The molecular weight excluding hydrogens is 242 g/mol. The van der Waals surface area contributed by atoms with Crippen molar-refractivity contribution in [2.75, 3.05) is 14.2 Å². The average Bonchev–Trinajstić information content (AvgIpc) is 2.47.